The number of nitrogens with zero attached hydrogens (tertiary/aromatic N) is 1. The summed E-state index contributed by atoms with van der Waals surface area (Å²) in [5, 5.41) is 5.70. The minimum Gasteiger partial charge on any atom is -0.444 e. The number of ether oxygens (including phenoxy) is 1. The molecule has 9 heteroatoms. The number of rotatable bonds is 9. The van der Waals surface area contributed by atoms with E-state index in [4.69, 9.17) is 10.5 Å². The summed E-state index contributed by atoms with van der Waals surface area (Å²) in [4.78, 5) is 53.7. The molecule has 2 aliphatic carbocycles. The molecule has 198 valence electrons. The Labute approximate surface area is 213 Å². The molecule has 0 spiro atoms. The summed E-state index contributed by atoms with van der Waals surface area (Å²) in [6.07, 6.45) is 6.30. The van der Waals surface area contributed by atoms with Crippen LogP contribution in [-0.4, -0.2) is 52.4 Å². The van der Waals surface area contributed by atoms with Gasteiger partial charge in [-0.3, -0.25) is 14.4 Å². The number of carbonyl (C=O) groups excluding carboxylic acids is 4. The van der Waals surface area contributed by atoms with Gasteiger partial charge in [0, 0.05) is 12.1 Å². The van der Waals surface area contributed by atoms with E-state index in [0.29, 0.717) is 5.56 Å². The lowest BCUT2D eigenvalue weighted by molar-refractivity contribution is -0.148. The number of nitrogens with one attached hydrogen (secondary N) is 2. The number of carbonyl (C=O) groups is 4. The van der Waals surface area contributed by atoms with E-state index in [2.05, 4.69) is 10.6 Å². The molecule has 2 atom stereocenters. The van der Waals surface area contributed by atoms with Crippen LogP contribution in [0.2, 0.25) is 0 Å². The number of amides is 4. The molecule has 0 aliphatic heterocycles. The van der Waals surface area contributed by atoms with Crippen molar-refractivity contribution in [1.29, 1.82) is 0 Å². The Morgan fingerprint density at radius 1 is 1.00 bits per heavy atom. The molecular formula is C27H40N4O5. The van der Waals surface area contributed by atoms with Crippen molar-refractivity contribution in [2.75, 3.05) is 0 Å². The van der Waals surface area contributed by atoms with Crippen molar-refractivity contribution in [3.63, 3.8) is 0 Å². The fourth-order valence-corrected chi connectivity index (χ4v) is 4.81. The second-order valence-corrected chi connectivity index (χ2v) is 10.9. The molecule has 3 rings (SSSR count). The molecule has 1 aromatic rings. The number of benzene rings is 1. The summed E-state index contributed by atoms with van der Waals surface area (Å²) in [7, 11) is 0. The summed E-state index contributed by atoms with van der Waals surface area (Å²) >= 11 is 0. The van der Waals surface area contributed by atoms with Crippen molar-refractivity contribution < 1.29 is 23.9 Å². The van der Waals surface area contributed by atoms with Crippen molar-refractivity contribution in [2.24, 2.45) is 5.73 Å². The summed E-state index contributed by atoms with van der Waals surface area (Å²) in [6, 6.07) is 6.93. The molecule has 0 aromatic heterocycles. The van der Waals surface area contributed by atoms with Crippen LogP contribution in [0.3, 0.4) is 0 Å². The largest absolute Gasteiger partial charge is 0.444 e. The zero-order valence-electron chi connectivity index (χ0n) is 21.6. The topological polar surface area (TPSA) is 131 Å². The van der Waals surface area contributed by atoms with Gasteiger partial charge in [-0.15, -0.1) is 0 Å². The number of alkyl carbamates (subject to hydrolysis) is 1. The predicted octanol–water partition coefficient (Wildman–Crippen LogP) is 3.33. The fraction of sp³-hybridized carbons (Fsp3) is 0.630. The SMILES string of the molecule is CC(C)(C)OC(=O)NC(CC(N)=O)C(=O)N(C1CCC1)C(C(=O)NC1CCCCC1)c1ccccc1. The van der Waals surface area contributed by atoms with Gasteiger partial charge >= 0.3 is 6.09 Å². The van der Waals surface area contributed by atoms with Gasteiger partial charge in [0.15, 0.2) is 0 Å². The average molecular weight is 501 g/mol. The van der Waals surface area contributed by atoms with Crippen LogP contribution in [0.25, 0.3) is 0 Å². The lowest BCUT2D eigenvalue weighted by Gasteiger charge is -2.44. The van der Waals surface area contributed by atoms with Crippen LogP contribution >= 0.6 is 0 Å². The molecule has 0 radical (unpaired) electrons. The first-order valence-corrected chi connectivity index (χ1v) is 13.0. The lowest BCUT2D eigenvalue weighted by atomic mass is 9.87. The van der Waals surface area contributed by atoms with Gasteiger partial charge in [-0.05, 0) is 58.4 Å². The van der Waals surface area contributed by atoms with Gasteiger partial charge in [0.05, 0.1) is 6.42 Å². The number of hydrogen-bond donors (Lipinski definition) is 3. The molecule has 2 aliphatic rings. The van der Waals surface area contributed by atoms with Crippen LogP contribution in [0, 0.1) is 0 Å². The van der Waals surface area contributed by atoms with Crippen molar-refractivity contribution in [2.45, 2.75) is 108 Å². The van der Waals surface area contributed by atoms with Gasteiger partial charge in [0.2, 0.25) is 17.7 Å². The Hall–Kier alpha value is -3.10. The van der Waals surface area contributed by atoms with Gasteiger partial charge in [-0.2, -0.15) is 0 Å². The van der Waals surface area contributed by atoms with Crippen LogP contribution in [0.4, 0.5) is 4.79 Å². The van der Waals surface area contributed by atoms with E-state index >= 15 is 0 Å². The molecule has 0 saturated heterocycles. The Bertz CT molecular complexity index is 920. The molecule has 2 unspecified atom stereocenters. The zero-order valence-corrected chi connectivity index (χ0v) is 21.6. The molecule has 2 fully saturated rings. The first-order chi connectivity index (χ1) is 17.0. The average Bonchev–Trinajstić information content (AvgIpc) is 2.76. The Morgan fingerprint density at radius 3 is 2.17 bits per heavy atom. The van der Waals surface area contributed by atoms with Gasteiger partial charge in [0.1, 0.15) is 17.7 Å². The Balaban J connectivity index is 1.93. The summed E-state index contributed by atoms with van der Waals surface area (Å²) in [5.74, 6) is -1.50. The van der Waals surface area contributed by atoms with Crippen molar-refractivity contribution in [3.8, 4) is 0 Å². The third-order valence-electron chi connectivity index (χ3n) is 6.71. The monoisotopic (exact) mass is 500 g/mol. The molecular weight excluding hydrogens is 460 g/mol. The van der Waals surface area contributed by atoms with Crippen LogP contribution in [-0.2, 0) is 19.1 Å². The molecule has 4 amide bonds. The van der Waals surface area contributed by atoms with Gasteiger partial charge in [-0.25, -0.2) is 4.79 Å². The number of hydrogen-bond acceptors (Lipinski definition) is 5. The molecule has 1 aromatic carbocycles. The van der Waals surface area contributed by atoms with E-state index in [9.17, 15) is 19.2 Å². The maximum atomic E-state index is 14.0. The second kappa shape index (κ2) is 12.2. The van der Waals surface area contributed by atoms with E-state index in [1.54, 1.807) is 25.7 Å². The molecule has 2 saturated carbocycles. The smallest absolute Gasteiger partial charge is 0.408 e. The third-order valence-corrected chi connectivity index (χ3v) is 6.71. The number of primary amides is 1. The zero-order chi connectivity index (χ0) is 26.3. The highest BCUT2D eigenvalue weighted by molar-refractivity contribution is 5.94. The highest BCUT2D eigenvalue weighted by atomic mass is 16.6. The van der Waals surface area contributed by atoms with E-state index in [1.807, 2.05) is 30.3 Å². The van der Waals surface area contributed by atoms with Crippen LogP contribution in [0.1, 0.15) is 90.2 Å². The minimum absolute atomic E-state index is 0.0668. The molecule has 0 heterocycles. The Morgan fingerprint density at radius 2 is 1.64 bits per heavy atom. The standard InChI is InChI=1S/C27H40N4O5/c1-27(2,3)36-26(35)30-21(17-22(28)32)25(34)31(20-15-10-16-20)23(18-11-6-4-7-12-18)24(33)29-19-13-8-5-9-14-19/h4,6-7,11-12,19-21,23H,5,8-10,13-17H2,1-3H3,(H2,28,32)(H,29,33)(H,30,35). The van der Waals surface area contributed by atoms with E-state index in [-0.39, 0.29) is 18.0 Å². The third kappa shape index (κ3) is 7.70. The van der Waals surface area contributed by atoms with E-state index in [1.165, 1.54) is 0 Å². The van der Waals surface area contributed by atoms with E-state index in [0.717, 1.165) is 51.4 Å². The molecule has 4 N–H and O–H groups in total. The van der Waals surface area contributed by atoms with Crippen LogP contribution < -0.4 is 16.4 Å². The van der Waals surface area contributed by atoms with Gasteiger partial charge in [0.25, 0.3) is 0 Å². The predicted molar refractivity (Wildman–Crippen MR) is 136 cm³/mol. The Kier molecular flexibility index (Phi) is 9.34. The van der Waals surface area contributed by atoms with E-state index < -0.39 is 42.0 Å². The van der Waals surface area contributed by atoms with Gasteiger partial charge in [-0.1, -0.05) is 49.6 Å². The van der Waals surface area contributed by atoms with Crippen molar-refractivity contribution in [1.82, 2.24) is 15.5 Å². The first-order valence-electron chi connectivity index (χ1n) is 13.0. The van der Waals surface area contributed by atoms with Crippen molar-refractivity contribution >= 4 is 23.8 Å². The lowest BCUT2D eigenvalue weighted by Crippen LogP contribution is -2.58. The minimum atomic E-state index is -1.24. The maximum absolute atomic E-state index is 14.0. The molecule has 9 nitrogen and oxygen atoms in total. The first kappa shape index (κ1) is 27.5. The highest BCUT2D eigenvalue weighted by Gasteiger charge is 2.42. The van der Waals surface area contributed by atoms with Crippen LogP contribution in [0.15, 0.2) is 30.3 Å². The summed E-state index contributed by atoms with van der Waals surface area (Å²) in [5.41, 5.74) is 5.34. The normalized spacial score (nSPS) is 18.3. The van der Waals surface area contributed by atoms with Crippen molar-refractivity contribution in [3.05, 3.63) is 35.9 Å². The number of nitrogens with two attached hydrogens (primary N) is 1. The summed E-state index contributed by atoms with van der Waals surface area (Å²) < 4.78 is 5.32. The quantitative estimate of drug-likeness (QED) is 0.479. The second-order valence-electron chi connectivity index (χ2n) is 10.9. The van der Waals surface area contributed by atoms with Crippen LogP contribution in [0.5, 0.6) is 0 Å². The fourth-order valence-electron chi connectivity index (χ4n) is 4.81. The highest BCUT2D eigenvalue weighted by Crippen LogP contribution is 2.34. The summed E-state index contributed by atoms with van der Waals surface area (Å²) in [6.45, 7) is 5.12. The van der Waals surface area contributed by atoms with Gasteiger partial charge < -0.3 is 26.0 Å². The molecule has 0 bridgehead atoms. The maximum Gasteiger partial charge on any atom is 0.408 e. The molecule has 36 heavy (non-hydrogen) atoms.